The molecular weight excluding hydrogens is 164 g/mol. The van der Waals surface area contributed by atoms with E-state index in [-0.39, 0.29) is 17.6 Å². The molecule has 0 aliphatic heterocycles. The summed E-state index contributed by atoms with van der Waals surface area (Å²) in [5.74, 6) is 0.330. The molecule has 0 bridgehead atoms. The molecule has 1 saturated carbocycles. The van der Waals surface area contributed by atoms with Crippen LogP contribution in [0.1, 0.15) is 39.5 Å². The van der Waals surface area contributed by atoms with Crippen molar-refractivity contribution in [2.75, 3.05) is 0 Å². The van der Waals surface area contributed by atoms with Gasteiger partial charge in [0.1, 0.15) is 0 Å². The van der Waals surface area contributed by atoms with Crippen molar-refractivity contribution >= 4 is 0 Å². The minimum atomic E-state index is -0.333. The van der Waals surface area contributed by atoms with Crippen LogP contribution in [0, 0.1) is 18.3 Å². The molecule has 1 aliphatic rings. The third-order valence-electron chi connectivity index (χ3n) is 2.99. The molecule has 2 heteroatoms. The summed E-state index contributed by atoms with van der Waals surface area (Å²) in [5, 5.41) is 19.3. The van der Waals surface area contributed by atoms with E-state index in [0.29, 0.717) is 5.92 Å². The fraction of sp³-hybridized carbons (Fsp3) is 0.909. The van der Waals surface area contributed by atoms with Crippen LogP contribution < -0.4 is 0 Å². The van der Waals surface area contributed by atoms with Crippen LogP contribution in [-0.4, -0.2) is 22.4 Å². The van der Waals surface area contributed by atoms with Gasteiger partial charge in [0.2, 0.25) is 0 Å². The van der Waals surface area contributed by atoms with Gasteiger partial charge in [-0.25, -0.2) is 0 Å². The number of aliphatic hydroxyl groups is 2. The largest absolute Gasteiger partial charge is 0.393 e. The monoisotopic (exact) mass is 185 g/mol. The summed E-state index contributed by atoms with van der Waals surface area (Å²) in [7, 11) is 0. The fourth-order valence-electron chi connectivity index (χ4n) is 2.06. The van der Waals surface area contributed by atoms with E-state index in [9.17, 15) is 10.2 Å². The molecule has 0 aromatic rings. The van der Waals surface area contributed by atoms with Crippen molar-refractivity contribution < 1.29 is 10.2 Å². The summed E-state index contributed by atoms with van der Waals surface area (Å²) >= 11 is 0. The van der Waals surface area contributed by atoms with Gasteiger partial charge in [-0.1, -0.05) is 13.8 Å². The van der Waals surface area contributed by atoms with Crippen molar-refractivity contribution in [3.8, 4) is 0 Å². The van der Waals surface area contributed by atoms with Gasteiger partial charge in [-0.05, 0) is 43.9 Å². The average molecular weight is 185 g/mol. The Balaban J connectivity index is 2.45. The second-order valence-corrected chi connectivity index (χ2v) is 5.00. The third kappa shape index (κ3) is 2.96. The van der Waals surface area contributed by atoms with E-state index in [1.165, 1.54) is 0 Å². The Labute approximate surface area is 81.0 Å². The Bertz CT molecular complexity index is 152. The number of aliphatic hydroxyl groups excluding tert-OH is 2. The number of hydrogen-bond donors (Lipinski definition) is 2. The standard InChI is InChI=1S/C11H21O2/c1-11(2,3)10(13)8-4-6-9(12)7-5-8/h8-10,12-13H,1,4-7H2,2-3H3. The number of hydrogen-bond acceptors (Lipinski definition) is 2. The van der Waals surface area contributed by atoms with E-state index in [1.807, 2.05) is 13.8 Å². The highest BCUT2D eigenvalue weighted by Crippen LogP contribution is 2.34. The van der Waals surface area contributed by atoms with Gasteiger partial charge < -0.3 is 10.2 Å². The van der Waals surface area contributed by atoms with Crippen molar-refractivity contribution in [3.05, 3.63) is 6.92 Å². The van der Waals surface area contributed by atoms with Crippen molar-refractivity contribution in [3.63, 3.8) is 0 Å². The third-order valence-corrected chi connectivity index (χ3v) is 2.99. The Morgan fingerprint density at radius 2 is 1.69 bits per heavy atom. The van der Waals surface area contributed by atoms with Gasteiger partial charge in [-0.2, -0.15) is 0 Å². The van der Waals surface area contributed by atoms with Crippen LogP contribution in [0.5, 0.6) is 0 Å². The predicted molar refractivity (Wildman–Crippen MR) is 53.1 cm³/mol. The minimum Gasteiger partial charge on any atom is -0.393 e. The van der Waals surface area contributed by atoms with Crippen LogP contribution in [0.4, 0.5) is 0 Å². The van der Waals surface area contributed by atoms with Gasteiger partial charge in [0.05, 0.1) is 12.2 Å². The zero-order valence-corrected chi connectivity index (χ0v) is 8.66. The Hall–Kier alpha value is -0.0800. The van der Waals surface area contributed by atoms with Crippen molar-refractivity contribution in [1.82, 2.24) is 0 Å². The minimum absolute atomic E-state index is 0.142. The highest BCUT2D eigenvalue weighted by atomic mass is 16.3. The molecule has 1 fully saturated rings. The van der Waals surface area contributed by atoms with E-state index in [4.69, 9.17) is 0 Å². The molecule has 0 spiro atoms. The topological polar surface area (TPSA) is 40.5 Å². The number of rotatable bonds is 2. The molecule has 1 rings (SSSR count). The zero-order valence-electron chi connectivity index (χ0n) is 8.66. The first-order chi connectivity index (χ1) is 5.91. The summed E-state index contributed by atoms with van der Waals surface area (Å²) in [6.07, 6.45) is 3.05. The van der Waals surface area contributed by atoms with E-state index in [0.717, 1.165) is 25.7 Å². The second-order valence-electron chi connectivity index (χ2n) is 5.00. The lowest BCUT2D eigenvalue weighted by Gasteiger charge is -2.36. The van der Waals surface area contributed by atoms with Crippen LogP contribution in [0.3, 0.4) is 0 Å². The summed E-state index contributed by atoms with van der Waals surface area (Å²) in [4.78, 5) is 0. The maximum atomic E-state index is 9.95. The highest BCUT2D eigenvalue weighted by Gasteiger charge is 2.32. The Kier molecular flexibility index (Phi) is 3.36. The van der Waals surface area contributed by atoms with Gasteiger partial charge in [0.15, 0.2) is 0 Å². The van der Waals surface area contributed by atoms with E-state index < -0.39 is 0 Å². The highest BCUT2D eigenvalue weighted by molar-refractivity contribution is 4.87. The molecule has 0 aromatic carbocycles. The summed E-state index contributed by atoms with van der Waals surface area (Å²) in [5.41, 5.74) is -0.271. The lowest BCUT2D eigenvalue weighted by Crippen LogP contribution is -2.36. The molecular formula is C11H21O2. The molecule has 1 radical (unpaired) electrons. The molecule has 1 unspecified atom stereocenters. The molecule has 2 N–H and O–H groups in total. The van der Waals surface area contributed by atoms with Gasteiger partial charge >= 0.3 is 0 Å². The quantitative estimate of drug-likeness (QED) is 0.688. The van der Waals surface area contributed by atoms with Crippen molar-refractivity contribution in [1.29, 1.82) is 0 Å². The summed E-state index contributed by atoms with van der Waals surface area (Å²) in [6.45, 7) is 7.87. The molecule has 2 nitrogen and oxygen atoms in total. The van der Waals surface area contributed by atoms with E-state index in [1.54, 1.807) is 0 Å². The average Bonchev–Trinajstić information content (AvgIpc) is 2.03. The van der Waals surface area contributed by atoms with Gasteiger partial charge in [0, 0.05) is 0 Å². The maximum Gasteiger partial charge on any atom is 0.0619 e. The zero-order chi connectivity index (χ0) is 10.1. The molecule has 0 aromatic heterocycles. The van der Waals surface area contributed by atoms with Crippen LogP contribution in [-0.2, 0) is 0 Å². The van der Waals surface area contributed by atoms with Crippen molar-refractivity contribution in [2.24, 2.45) is 11.3 Å². The first-order valence-corrected chi connectivity index (χ1v) is 5.12. The summed E-state index contributed by atoms with van der Waals surface area (Å²) < 4.78 is 0. The molecule has 1 aliphatic carbocycles. The first-order valence-electron chi connectivity index (χ1n) is 5.12. The maximum absolute atomic E-state index is 9.95. The molecule has 13 heavy (non-hydrogen) atoms. The Morgan fingerprint density at radius 1 is 1.23 bits per heavy atom. The SMILES string of the molecule is [CH2]C(C)(C)C(O)C1CCC(O)CC1. The molecule has 0 saturated heterocycles. The smallest absolute Gasteiger partial charge is 0.0619 e. The normalized spacial score (nSPS) is 33.0. The molecule has 77 valence electrons. The van der Waals surface area contributed by atoms with E-state index >= 15 is 0 Å². The molecule has 0 amide bonds. The molecule has 1 atom stereocenters. The lowest BCUT2D eigenvalue weighted by atomic mass is 9.74. The van der Waals surface area contributed by atoms with Crippen LogP contribution in [0.2, 0.25) is 0 Å². The van der Waals surface area contributed by atoms with Gasteiger partial charge in [0.25, 0.3) is 0 Å². The van der Waals surface area contributed by atoms with E-state index in [2.05, 4.69) is 6.92 Å². The second kappa shape index (κ2) is 3.97. The predicted octanol–water partition coefficient (Wildman–Crippen LogP) is 1.76. The van der Waals surface area contributed by atoms with Crippen LogP contribution in [0.15, 0.2) is 0 Å². The summed E-state index contributed by atoms with van der Waals surface area (Å²) in [6, 6.07) is 0. The van der Waals surface area contributed by atoms with Crippen LogP contribution >= 0.6 is 0 Å². The van der Waals surface area contributed by atoms with Gasteiger partial charge in [-0.15, -0.1) is 0 Å². The molecule has 0 heterocycles. The lowest BCUT2D eigenvalue weighted by molar-refractivity contribution is -0.00859. The first kappa shape index (κ1) is 11.0. The fourth-order valence-corrected chi connectivity index (χ4v) is 2.06. The van der Waals surface area contributed by atoms with Crippen molar-refractivity contribution in [2.45, 2.75) is 51.7 Å². The Morgan fingerprint density at radius 3 is 2.08 bits per heavy atom. The van der Waals surface area contributed by atoms with Gasteiger partial charge in [-0.3, -0.25) is 0 Å². The van der Waals surface area contributed by atoms with Crippen LogP contribution in [0.25, 0.3) is 0 Å².